The van der Waals surface area contributed by atoms with Crippen LogP contribution in [-0.4, -0.2) is 17.9 Å². The summed E-state index contributed by atoms with van der Waals surface area (Å²) in [5.74, 6) is -0.943. The molecule has 2 aromatic carbocycles. The van der Waals surface area contributed by atoms with E-state index in [-0.39, 0.29) is 5.82 Å². The van der Waals surface area contributed by atoms with Gasteiger partial charge in [0.2, 0.25) is 0 Å². The van der Waals surface area contributed by atoms with Crippen LogP contribution in [0.5, 0.6) is 5.75 Å². The summed E-state index contributed by atoms with van der Waals surface area (Å²) >= 11 is 0. The van der Waals surface area contributed by atoms with Crippen molar-refractivity contribution < 1.29 is 18.7 Å². The maximum Gasteiger partial charge on any atom is 0.279 e. The Bertz CT molecular complexity index is 730. The minimum absolute atomic E-state index is 0.364. The van der Waals surface area contributed by atoms with Crippen LogP contribution in [0.4, 0.5) is 4.39 Å². The summed E-state index contributed by atoms with van der Waals surface area (Å²) in [6.07, 6.45) is 2.35. The van der Waals surface area contributed by atoms with Crippen molar-refractivity contribution in [2.75, 3.05) is 0 Å². The number of rotatable bonds is 7. The van der Waals surface area contributed by atoms with Crippen LogP contribution in [0.3, 0.4) is 0 Å². The Labute approximate surface area is 152 Å². The molecule has 1 atom stereocenters. The quantitative estimate of drug-likeness (QED) is 0.746. The predicted octanol–water partition coefficient (Wildman–Crippen LogP) is 3.40. The molecule has 2 rings (SSSR count). The molecule has 0 saturated heterocycles. The van der Waals surface area contributed by atoms with Gasteiger partial charge in [0.25, 0.3) is 11.8 Å². The van der Waals surface area contributed by atoms with E-state index < -0.39 is 17.9 Å². The molecule has 0 fully saturated rings. The number of halogens is 1. The van der Waals surface area contributed by atoms with Crippen molar-refractivity contribution in [3.63, 3.8) is 0 Å². The van der Waals surface area contributed by atoms with E-state index in [0.29, 0.717) is 11.3 Å². The summed E-state index contributed by atoms with van der Waals surface area (Å²) < 4.78 is 18.2. The van der Waals surface area contributed by atoms with E-state index in [4.69, 9.17) is 4.74 Å². The zero-order chi connectivity index (χ0) is 18.9. The Balaban J connectivity index is 1.81. The highest BCUT2D eigenvalue weighted by atomic mass is 19.1. The van der Waals surface area contributed by atoms with E-state index in [9.17, 15) is 14.0 Å². The Kier molecular flexibility index (Phi) is 7.14. The Morgan fingerprint density at radius 1 is 1.04 bits per heavy atom. The van der Waals surface area contributed by atoms with Gasteiger partial charge in [-0.3, -0.25) is 20.4 Å². The summed E-state index contributed by atoms with van der Waals surface area (Å²) in [6.45, 7) is 3.67. The van der Waals surface area contributed by atoms with E-state index in [1.165, 1.54) is 36.8 Å². The molecule has 0 saturated carbocycles. The largest absolute Gasteiger partial charge is 0.481 e. The molecular formula is C20H23FN2O3. The van der Waals surface area contributed by atoms with Gasteiger partial charge < -0.3 is 4.74 Å². The second-order valence-electron chi connectivity index (χ2n) is 5.96. The van der Waals surface area contributed by atoms with Gasteiger partial charge >= 0.3 is 0 Å². The van der Waals surface area contributed by atoms with Crippen LogP contribution >= 0.6 is 0 Å². The van der Waals surface area contributed by atoms with Crippen molar-refractivity contribution in [1.29, 1.82) is 0 Å². The third kappa shape index (κ3) is 5.88. The van der Waals surface area contributed by atoms with E-state index in [2.05, 4.69) is 17.8 Å². The minimum Gasteiger partial charge on any atom is -0.481 e. The fourth-order valence-electron chi connectivity index (χ4n) is 2.27. The highest BCUT2D eigenvalue weighted by Gasteiger charge is 2.16. The number of unbranched alkanes of at least 4 members (excludes halogenated alkanes) is 1. The van der Waals surface area contributed by atoms with Crippen LogP contribution < -0.4 is 15.6 Å². The van der Waals surface area contributed by atoms with Gasteiger partial charge in [-0.15, -0.1) is 0 Å². The van der Waals surface area contributed by atoms with Crippen molar-refractivity contribution in [3.05, 3.63) is 65.5 Å². The van der Waals surface area contributed by atoms with E-state index in [1.54, 1.807) is 12.1 Å². The van der Waals surface area contributed by atoms with E-state index >= 15 is 0 Å². The van der Waals surface area contributed by atoms with Gasteiger partial charge in [0.05, 0.1) is 0 Å². The molecule has 2 aromatic rings. The summed E-state index contributed by atoms with van der Waals surface area (Å²) in [5.41, 5.74) is 6.31. The number of nitrogens with one attached hydrogen (secondary N) is 2. The first-order valence-electron chi connectivity index (χ1n) is 8.61. The molecule has 0 bridgehead atoms. The normalized spacial score (nSPS) is 11.5. The van der Waals surface area contributed by atoms with Gasteiger partial charge in [-0.05, 0) is 61.7 Å². The maximum atomic E-state index is 12.9. The first-order chi connectivity index (χ1) is 12.5. The third-order valence-corrected chi connectivity index (χ3v) is 3.83. The number of hydrogen-bond acceptors (Lipinski definition) is 3. The number of carbonyl (C=O) groups is 2. The highest BCUT2D eigenvalue weighted by Crippen LogP contribution is 2.13. The SMILES string of the molecule is CCCCc1ccc(C(=O)NNC(=O)[C@@H](C)Oc2ccc(F)cc2)cc1. The topological polar surface area (TPSA) is 67.4 Å². The summed E-state index contributed by atoms with van der Waals surface area (Å²) in [4.78, 5) is 24.1. The van der Waals surface area contributed by atoms with E-state index in [1.807, 2.05) is 12.1 Å². The molecule has 2 N–H and O–H groups in total. The third-order valence-electron chi connectivity index (χ3n) is 3.83. The Morgan fingerprint density at radius 3 is 2.31 bits per heavy atom. The lowest BCUT2D eigenvalue weighted by molar-refractivity contribution is -0.128. The molecule has 0 heterocycles. The molecule has 5 nitrogen and oxygen atoms in total. The molecule has 2 amide bonds. The summed E-state index contributed by atoms with van der Waals surface area (Å²) in [5, 5.41) is 0. The molecular weight excluding hydrogens is 335 g/mol. The van der Waals surface area contributed by atoms with Crippen molar-refractivity contribution in [2.45, 2.75) is 39.2 Å². The monoisotopic (exact) mass is 358 g/mol. The molecule has 0 radical (unpaired) electrons. The predicted molar refractivity (Wildman–Crippen MR) is 97.2 cm³/mol. The van der Waals surface area contributed by atoms with Crippen molar-refractivity contribution in [3.8, 4) is 5.75 Å². The molecule has 0 aliphatic rings. The molecule has 0 unspecified atom stereocenters. The van der Waals surface area contributed by atoms with Crippen LogP contribution in [0.25, 0.3) is 0 Å². The molecule has 0 spiro atoms. The molecule has 26 heavy (non-hydrogen) atoms. The second kappa shape index (κ2) is 9.56. The lowest BCUT2D eigenvalue weighted by Crippen LogP contribution is -2.47. The van der Waals surface area contributed by atoms with Crippen molar-refractivity contribution >= 4 is 11.8 Å². The lowest BCUT2D eigenvalue weighted by atomic mass is 10.1. The smallest absolute Gasteiger partial charge is 0.279 e. The summed E-state index contributed by atoms with van der Waals surface area (Å²) in [6, 6.07) is 12.6. The fourth-order valence-corrected chi connectivity index (χ4v) is 2.27. The van der Waals surface area contributed by atoms with Crippen LogP contribution in [0.2, 0.25) is 0 Å². The number of hydrazine groups is 1. The van der Waals surface area contributed by atoms with Crippen molar-refractivity contribution in [2.24, 2.45) is 0 Å². The average Bonchev–Trinajstić information content (AvgIpc) is 2.66. The van der Waals surface area contributed by atoms with E-state index in [0.717, 1.165) is 19.3 Å². The Morgan fingerprint density at radius 2 is 1.69 bits per heavy atom. The van der Waals surface area contributed by atoms with Gasteiger partial charge in [-0.2, -0.15) is 0 Å². The number of aryl methyl sites for hydroxylation is 1. The first kappa shape index (κ1) is 19.4. The molecule has 0 aliphatic heterocycles. The van der Waals surface area contributed by atoms with Crippen LogP contribution in [0.15, 0.2) is 48.5 Å². The first-order valence-corrected chi connectivity index (χ1v) is 8.61. The summed E-state index contributed by atoms with van der Waals surface area (Å²) in [7, 11) is 0. The zero-order valence-corrected chi connectivity index (χ0v) is 14.9. The second-order valence-corrected chi connectivity index (χ2v) is 5.96. The molecule has 0 aliphatic carbocycles. The lowest BCUT2D eigenvalue weighted by Gasteiger charge is -2.15. The Hall–Kier alpha value is -2.89. The molecule has 0 aromatic heterocycles. The zero-order valence-electron chi connectivity index (χ0n) is 14.9. The van der Waals surface area contributed by atoms with Crippen molar-refractivity contribution in [1.82, 2.24) is 10.9 Å². The number of hydrogen-bond donors (Lipinski definition) is 2. The average molecular weight is 358 g/mol. The maximum absolute atomic E-state index is 12.9. The van der Waals surface area contributed by atoms with Crippen LogP contribution in [0.1, 0.15) is 42.6 Å². The number of amides is 2. The number of benzene rings is 2. The van der Waals surface area contributed by atoms with Gasteiger partial charge in [0, 0.05) is 5.56 Å². The van der Waals surface area contributed by atoms with Gasteiger partial charge in [0.15, 0.2) is 6.10 Å². The van der Waals surface area contributed by atoms with Crippen LogP contribution in [0, 0.1) is 5.82 Å². The number of carbonyl (C=O) groups excluding carboxylic acids is 2. The van der Waals surface area contributed by atoms with Gasteiger partial charge in [-0.1, -0.05) is 25.5 Å². The van der Waals surface area contributed by atoms with Gasteiger partial charge in [0.1, 0.15) is 11.6 Å². The minimum atomic E-state index is -0.850. The number of ether oxygens (including phenoxy) is 1. The standard InChI is InChI=1S/C20H23FN2O3/c1-3-4-5-15-6-8-16(9-7-15)20(25)23-22-19(24)14(2)26-18-12-10-17(21)11-13-18/h6-14H,3-5H2,1-2H3,(H,22,24)(H,23,25)/t14-/m1/s1. The highest BCUT2D eigenvalue weighted by molar-refractivity contribution is 5.95. The van der Waals surface area contributed by atoms with Gasteiger partial charge in [-0.25, -0.2) is 4.39 Å². The van der Waals surface area contributed by atoms with Crippen LogP contribution in [-0.2, 0) is 11.2 Å². The fraction of sp³-hybridized carbons (Fsp3) is 0.300. The molecule has 138 valence electrons. The molecule has 6 heteroatoms.